The maximum atomic E-state index is 8.81. The van der Waals surface area contributed by atoms with E-state index in [1.54, 1.807) is 0 Å². The molecule has 1 heterocycles. The van der Waals surface area contributed by atoms with Crippen LogP contribution in [0.4, 0.5) is 5.69 Å². The van der Waals surface area contributed by atoms with Gasteiger partial charge in [-0.3, -0.25) is 0 Å². The zero-order chi connectivity index (χ0) is 13.2. The van der Waals surface area contributed by atoms with Gasteiger partial charge in [-0.25, -0.2) is 0 Å². The van der Waals surface area contributed by atoms with Crippen molar-refractivity contribution in [3.8, 4) is 6.07 Å². The molecular weight excluding hydrogens is 222 g/mol. The van der Waals surface area contributed by atoms with Gasteiger partial charge in [0.1, 0.15) is 0 Å². The van der Waals surface area contributed by atoms with E-state index in [0.717, 1.165) is 26.1 Å². The predicted molar refractivity (Wildman–Crippen MR) is 74.3 cm³/mol. The van der Waals surface area contributed by atoms with Gasteiger partial charge in [0.15, 0.2) is 0 Å². The molecule has 0 spiro atoms. The Morgan fingerprint density at radius 2 is 2.06 bits per heavy atom. The summed E-state index contributed by atoms with van der Waals surface area (Å²) in [6, 6.07) is 9.98. The van der Waals surface area contributed by atoms with Gasteiger partial charge in [-0.05, 0) is 48.6 Å². The molecule has 18 heavy (non-hydrogen) atoms. The van der Waals surface area contributed by atoms with E-state index in [9.17, 15) is 0 Å². The van der Waals surface area contributed by atoms with Gasteiger partial charge >= 0.3 is 0 Å². The van der Waals surface area contributed by atoms with Crippen molar-refractivity contribution >= 4 is 5.69 Å². The van der Waals surface area contributed by atoms with Crippen LogP contribution in [0.2, 0.25) is 0 Å². The number of rotatable bonds is 2. The summed E-state index contributed by atoms with van der Waals surface area (Å²) in [5.74, 6) is 0.530. The van der Waals surface area contributed by atoms with E-state index in [4.69, 9.17) is 11.0 Å². The predicted octanol–water partition coefficient (Wildman–Crippen LogP) is 2.37. The lowest BCUT2D eigenvalue weighted by atomic mass is 9.73. The zero-order valence-electron chi connectivity index (χ0n) is 11.2. The van der Waals surface area contributed by atoms with Crippen LogP contribution in [0.25, 0.3) is 0 Å². The monoisotopic (exact) mass is 243 g/mol. The van der Waals surface area contributed by atoms with Crippen LogP contribution in [0.1, 0.15) is 25.8 Å². The molecule has 0 bridgehead atoms. The van der Waals surface area contributed by atoms with Crippen molar-refractivity contribution in [2.45, 2.75) is 20.3 Å². The van der Waals surface area contributed by atoms with Crippen molar-refractivity contribution < 1.29 is 0 Å². The molecule has 0 saturated carbocycles. The first-order valence-corrected chi connectivity index (χ1v) is 6.52. The molecule has 0 amide bonds. The van der Waals surface area contributed by atoms with Gasteiger partial charge in [-0.2, -0.15) is 5.26 Å². The van der Waals surface area contributed by atoms with E-state index in [0.29, 0.717) is 16.9 Å². The first kappa shape index (κ1) is 12.9. The summed E-state index contributed by atoms with van der Waals surface area (Å²) < 4.78 is 0. The number of anilines is 1. The minimum Gasteiger partial charge on any atom is -0.371 e. The van der Waals surface area contributed by atoms with Gasteiger partial charge in [-0.15, -0.1) is 0 Å². The lowest BCUT2D eigenvalue weighted by molar-refractivity contribution is 0.177. The highest BCUT2D eigenvalue weighted by Crippen LogP contribution is 2.36. The summed E-state index contributed by atoms with van der Waals surface area (Å²) in [4.78, 5) is 2.38. The molecule has 1 saturated heterocycles. The zero-order valence-corrected chi connectivity index (χ0v) is 11.2. The molecule has 1 fully saturated rings. The SMILES string of the molecule is CC1(C)CCN(c2ccc(C#N)cc2)CC1CN. The Labute approximate surface area is 109 Å². The summed E-state index contributed by atoms with van der Waals surface area (Å²) in [7, 11) is 0. The summed E-state index contributed by atoms with van der Waals surface area (Å²) in [6.07, 6.45) is 1.16. The fourth-order valence-electron chi connectivity index (χ4n) is 2.61. The van der Waals surface area contributed by atoms with Gasteiger partial charge in [0.25, 0.3) is 0 Å². The maximum Gasteiger partial charge on any atom is 0.0991 e. The lowest BCUT2D eigenvalue weighted by Gasteiger charge is -2.44. The van der Waals surface area contributed by atoms with Crippen LogP contribution in [0.5, 0.6) is 0 Å². The number of piperidine rings is 1. The van der Waals surface area contributed by atoms with Crippen LogP contribution >= 0.6 is 0 Å². The molecule has 1 aromatic rings. The molecular formula is C15H21N3. The topological polar surface area (TPSA) is 53.0 Å². The van der Waals surface area contributed by atoms with E-state index in [2.05, 4.69) is 24.8 Å². The second-order valence-electron chi connectivity index (χ2n) is 5.78. The number of nitrogens with zero attached hydrogens (tertiary/aromatic N) is 2. The van der Waals surface area contributed by atoms with Crippen LogP contribution in [0.15, 0.2) is 24.3 Å². The number of hydrogen-bond acceptors (Lipinski definition) is 3. The van der Waals surface area contributed by atoms with Crippen molar-refractivity contribution in [3.63, 3.8) is 0 Å². The Morgan fingerprint density at radius 1 is 1.39 bits per heavy atom. The fourth-order valence-corrected chi connectivity index (χ4v) is 2.61. The van der Waals surface area contributed by atoms with Crippen LogP contribution in [0.3, 0.4) is 0 Å². The molecule has 2 N–H and O–H groups in total. The van der Waals surface area contributed by atoms with Crippen molar-refractivity contribution in [2.24, 2.45) is 17.1 Å². The van der Waals surface area contributed by atoms with Gasteiger partial charge in [0.05, 0.1) is 11.6 Å². The van der Waals surface area contributed by atoms with Crippen LogP contribution in [0, 0.1) is 22.7 Å². The summed E-state index contributed by atoms with van der Waals surface area (Å²) in [6.45, 7) is 7.42. The molecule has 1 unspecified atom stereocenters. The average molecular weight is 243 g/mol. The largest absolute Gasteiger partial charge is 0.371 e. The van der Waals surface area contributed by atoms with Crippen LogP contribution in [-0.4, -0.2) is 19.6 Å². The highest BCUT2D eigenvalue weighted by Gasteiger charge is 2.34. The molecule has 0 aliphatic carbocycles. The Balaban J connectivity index is 2.13. The van der Waals surface area contributed by atoms with Gasteiger partial charge in [0, 0.05) is 18.8 Å². The van der Waals surface area contributed by atoms with E-state index >= 15 is 0 Å². The normalized spacial score (nSPS) is 22.6. The van der Waals surface area contributed by atoms with Crippen LogP contribution in [-0.2, 0) is 0 Å². The lowest BCUT2D eigenvalue weighted by Crippen LogP contribution is -2.47. The molecule has 1 atom stereocenters. The van der Waals surface area contributed by atoms with E-state index in [1.165, 1.54) is 5.69 Å². The average Bonchev–Trinajstić information content (AvgIpc) is 2.39. The highest BCUT2D eigenvalue weighted by atomic mass is 15.1. The van der Waals surface area contributed by atoms with Gasteiger partial charge in [0.2, 0.25) is 0 Å². The Bertz CT molecular complexity index is 442. The number of benzene rings is 1. The Morgan fingerprint density at radius 3 is 2.61 bits per heavy atom. The molecule has 3 nitrogen and oxygen atoms in total. The van der Waals surface area contributed by atoms with Crippen molar-refractivity contribution in [3.05, 3.63) is 29.8 Å². The quantitative estimate of drug-likeness (QED) is 0.867. The van der Waals surface area contributed by atoms with E-state index in [-0.39, 0.29) is 0 Å². The molecule has 0 radical (unpaired) electrons. The number of hydrogen-bond donors (Lipinski definition) is 1. The Kier molecular flexibility index (Phi) is 3.58. The Hall–Kier alpha value is -1.53. The summed E-state index contributed by atoms with van der Waals surface area (Å²) >= 11 is 0. The third-order valence-electron chi connectivity index (χ3n) is 4.22. The third-order valence-corrected chi connectivity index (χ3v) is 4.22. The smallest absolute Gasteiger partial charge is 0.0991 e. The van der Waals surface area contributed by atoms with Crippen molar-refractivity contribution in [1.29, 1.82) is 5.26 Å². The first-order chi connectivity index (χ1) is 8.56. The number of nitrogens with two attached hydrogens (primary N) is 1. The second kappa shape index (κ2) is 4.99. The molecule has 3 heteroatoms. The molecule has 1 aliphatic rings. The summed E-state index contributed by atoms with van der Waals surface area (Å²) in [5.41, 5.74) is 8.14. The van der Waals surface area contributed by atoms with Gasteiger partial charge < -0.3 is 10.6 Å². The van der Waals surface area contributed by atoms with Crippen LogP contribution < -0.4 is 10.6 Å². The molecule has 0 aromatic heterocycles. The molecule has 1 aromatic carbocycles. The summed E-state index contributed by atoms with van der Waals surface area (Å²) in [5, 5.41) is 8.81. The fraction of sp³-hybridized carbons (Fsp3) is 0.533. The highest BCUT2D eigenvalue weighted by molar-refractivity contribution is 5.50. The minimum atomic E-state index is 0.331. The molecule has 2 rings (SSSR count). The van der Waals surface area contributed by atoms with E-state index < -0.39 is 0 Å². The second-order valence-corrected chi connectivity index (χ2v) is 5.78. The third kappa shape index (κ3) is 2.49. The van der Waals surface area contributed by atoms with Crippen molar-refractivity contribution in [2.75, 3.05) is 24.5 Å². The number of nitriles is 1. The van der Waals surface area contributed by atoms with Gasteiger partial charge in [-0.1, -0.05) is 13.8 Å². The maximum absolute atomic E-state index is 8.81. The minimum absolute atomic E-state index is 0.331. The first-order valence-electron chi connectivity index (χ1n) is 6.52. The standard InChI is InChI=1S/C15H21N3/c1-15(2)7-8-18(11-13(15)10-17)14-5-3-12(9-16)4-6-14/h3-6,13H,7-8,10-11,17H2,1-2H3. The molecule has 96 valence electrons. The van der Waals surface area contributed by atoms with E-state index in [1.807, 2.05) is 24.3 Å². The molecule has 1 aliphatic heterocycles. The van der Waals surface area contributed by atoms with Crippen molar-refractivity contribution in [1.82, 2.24) is 0 Å².